The van der Waals surface area contributed by atoms with Crippen LogP contribution in [0, 0.1) is 0 Å². The molecule has 1 rings (SSSR count). The highest BCUT2D eigenvalue weighted by atomic mass is 32.2. The van der Waals surface area contributed by atoms with Crippen molar-refractivity contribution in [1.82, 2.24) is 0 Å². The quantitative estimate of drug-likeness (QED) is 0.400. The summed E-state index contributed by atoms with van der Waals surface area (Å²) >= 11 is 0. The first-order valence-electron chi connectivity index (χ1n) is 6.90. The lowest BCUT2D eigenvalue weighted by molar-refractivity contribution is -0.271. The van der Waals surface area contributed by atoms with Crippen molar-refractivity contribution in [3.8, 4) is 11.5 Å². The maximum absolute atomic E-state index is 12.8. The summed E-state index contributed by atoms with van der Waals surface area (Å²) in [5.74, 6) is -18.7. The van der Waals surface area contributed by atoms with E-state index in [0.29, 0.717) is 24.3 Å². The zero-order valence-corrected chi connectivity index (χ0v) is 15.4. The van der Waals surface area contributed by atoms with Crippen LogP contribution in [0.4, 0.5) is 43.9 Å². The van der Waals surface area contributed by atoms with Crippen LogP contribution in [0.25, 0.3) is 0 Å². The van der Waals surface area contributed by atoms with Crippen molar-refractivity contribution in [2.24, 2.45) is 0 Å². The molecule has 0 aromatic heterocycles. The van der Waals surface area contributed by atoms with Crippen LogP contribution >= 0.6 is 0 Å². The maximum Gasteiger partial charge on any atom is 0.454 e. The molecule has 18 heteroatoms. The average Bonchev–Trinajstić information content (AvgIpc) is 2.43. The fraction of sp³-hybridized carbons (Fsp3) is 0.500. The minimum Gasteiger partial charge on any atom is -0.382 e. The molecule has 174 valence electrons. The van der Waals surface area contributed by atoms with Gasteiger partial charge in [-0.3, -0.25) is 0 Å². The summed E-state index contributed by atoms with van der Waals surface area (Å²) in [5.41, 5.74) is 0. The van der Waals surface area contributed by atoms with E-state index < -0.39 is 67.4 Å². The second-order valence-corrected chi connectivity index (χ2v) is 8.59. The highest BCUT2D eigenvalue weighted by Gasteiger charge is 2.61. The molecule has 0 saturated heterocycles. The van der Waals surface area contributed by atoms with Gasteiger partial charge in [0.25, 0.3) is 0 Å². The Bertz CT molecular complexity index is 870. The third-order valence-electron chi connectivity index (χ3n) is 2.82. The summed E-state index contributed by atoms with van der Waals surface area (Å²) in [4.78, 5) is 0. The van der Waals surface area contributed by atoms with E-state index in [1.165, 1.54) is 0 Å². The van der Waals surface area contributed by atoms with Crippen LogP contribution < -0.4 is 8.37 Å². The zero-order chi connectivity index (χ0) is 23.8. The molecule has 1 aromatic carbocycles. The Morgan fingerprint density at radius 3 is 1.00 bits per heavy atom. The highest BCUT2D eigenvalue weighted by Crippen LogP contribution is 2.38. The van der Waals surface area contributed by atoms with Crippen molar-refractivity contribution in [3.63, 3.8) is 0 Å². The Morgan fingerprint density at radius 2 is 0.800 bits per heavy atom. The van der Waals surface area contributed by atoms with Crippen LogP contribution in [0.2, 0.25) is 0 Å². The number of hydrogen-bond acceptors (Lipinski definition) is 6. The second-order valence-electron chi connectivity index (χ2n) is 5.45. The molecule has 0 unspecified atom stereocenters. The Morgan fingerprint density at radius 1 is 0.567 bits per heavy atom. The van der Waals surface area contributed by atoms with Crippen molar-refractivity contribution in [2.45, 2.75) is 24.2 Å². The number of alkyl halides is 10. The lowest BCUT2D eigenvalue weighted by Gasteiger charge is -2.19. The standard InChI is InChI=1S/C12H8F10O6S2/c13-9(14,11(17,18)19)5-29(23,24)27-7-1-2-8(4-3-7)28-30(25,26)6-10(15,16)12(20,21)22/h1-4H,5-6H2. The van der Waals surface area contributed by atoms with E-state index in [1.54, 1.807) is 0 Å². The third kappa shape index (κ3) is 7.06. The molecule has 0 aliphatic rings. The van der Waals surface area contributed by atoms with E-state index in [2.05, 4.69) is 8.37 Å². The molecule has 0 heterocycles. The largest absolute Gasteiger partial charge is 0.454 e. The van der Waals surface area contributed by atoms with Crippen LogP contribution in [-0.2, 0) is 20.2 Å². The molecule has 0 bridgehead atoms. The molecule has 6 nitrogen and oxygen atoms in total. The monoisotopic (exact) mass is 502 g/mol. The molecule has 0 saturated carbocycles. The van der Waals surface area contributed by atoms with E-state index in [0.717, 1.165) is 0 Å². The number of rotatable bonds is 8. The summed E-state index contributed by atoms with van der Waals surface area (Å²) in [6.07, 6.45) is -12.4. The van der Waals surface area contributed by atoms with Gasteiger partial charge in [0.2, 0.25) is 0 Å². The van der Waals surface area contributed by atoms with Gasteiger partial charge in [-0.05, 0) is 24.3 Å². The normalized spacial score (nSPS) is 14.5. The number of halogens is 10. The Hall–Kier alpha value is -1.98. The SMILES string of the molecule is O=S(=O)(CC(F)(F)C(F)(F)F)Oc1ccc(OS(=O)(=O)CC(F)(F)C(F)(F)F)cc1. The minimum atomic E-state index is -6.20. The molecule has 1 aromatic rings. The topological polar surface area (TPSA) is 86.7 Å². The first-order chi connectivity index (χ1) is 13.1. The fourth-order valence-electron chi connectivity index (χ4n) is 1.51. The van der Waals surface area contributed by atoms with E-state index >= 15 is 0 Å². The first-order valence-corrected chi connectivity index (χ1v) is 10.1. The average molecular weight is 502 g/mol. The van der Waals surface area contributed by atoms with Crippen molar-refractivity contribution in [1.29, 1.82) is 0 Å². The van der Waals surface area contributed by atoms with E-state index in [-0.39, 0.29) is 0 Å². The van der Waals surface area contributed by atoms with Crippen LogP contribution in [0.15, 0.2) is 24.3 Å². The summed E-state index contributed by atoms with van der Waals surface area (Å²) in [6.45, 7) is 0. The molecule has 0 spiro atoms. The predicted octanol–water partition coefficient (Wildman–Crippen LogP) is 3.50. The lowest BCUT2D eigenvalue weighted by Crippen LogP contribution is -2.43. The van der Waals surface area contributed by atoms with Gasteiger partial charge in [-0.2, -0.15) is 60.7 Å². The highest BCUT2D eigenvalue weighted by molar-refractivity contribution is 7.87. The van der Waals surface area contributed by atoms with Gasteiger partial charge < -0.3 is 8.37 Å². The number of hydrogen-bond donors (Lipinski definition) is 0. The summed E-state index contributed by atoms with van der Waals surface area (Å²) < 4.78 is 177. The van der Waals surface area contributed by atoms with Gasteiger partial charge in [-0.1, -0.05) is 0 Å². The van der Waals surface area contributed by atoms with Crippen molar-refractivity contribution in [2.75, 3.05) is 11.5 Å². The Kier molecular flexibility index (Phi) is 6.89. The van der Waals surface area contributed by atoms with Gasteiger partial charge in [0, 0.05) is 0 Å². The lowest BCUT2D eigenvalue weighted by atomic mass is 10.3. The predicted molar refractivity (Wildman–Crippen MR) is 77.3 cm³/mol. The molecule has 30 heavy (non-hydrogen) atoms. The zero-order valence-electron chi connectivity index (χ0n) is 13.8. The second kappa shape index (κ2) is 7.93. The third-order valence-corrected chi connectivity index (χ3v) is 5.14. The maximum atomic E-state index is 12.8. The van der Waals surface area contributed by atoms with Crippen molar-refractivity contribution in [3.05, 3.63) is 24.3 Å². The van der Waals surface area contributed by atoms with Crippen LogP contribution in [-0.4, -0.2) is 52.5 Å². The minimum absolute atomic E-state index is 0.454. The molecule has 0 radical (unpaired) electrons. The fourth-order valence-corrected chi connectivity index (χ4v) is 3.65. The number of benzene rings is 1. The van der Waals surface area contributed by atoms with Gasteiger partial charge in [-0.25, -0.2) is 0 Å². The molecule has 0 atom stereocenters. The van der Waals surface area contributed by atoms with Crippen LogP contribution in [0.1, 0.15) is 0 Å². The Balaban J connectivity index is 2.90. The van der Waals surface area contributed by atoms with E-state index in [4.69, 9.17) is 0 Å². The first kappa shape index (κ1) is 26.1. The van der Waals surface area contributed by atoms with E-state index in [9.17, 15) is 60.7 Å². The molecule has 0 aliphatic carbocycles. The summed E-state index contributed by atoms with van der Waals surface area (Å²) in [6, 6.07) is 1.82. The van der Waals surface area contributed by atoms with Crippen molar-refractivity contribution < 1.29 is 69.1 Å². The van der Waals surface area contributed by atoms with Crippen LogP contribution in [0.3, 0.4) is 0 Å². The van der Waals surface area contributed by atoms with Gasteiger partial charge in [0.1, 0.15) is 11.5 Å². The molecule has 0 N–H and O–H groups in total. The Labute approximate surface area is 161 Å². The summed E-state index contributed by atoms with van der Waals surface area (Å²) in [7, 11) is -11.0. The summed E-state index contributed by atoms with van der Waals surface area (Å²) in [5, 5.41) is 0. The molecular formula is C12H8F10O6S2. The van der Waals surface area contributed by atoms with Gasteiger partial charge >= 0.3 is 44.4 Å². The van der Waals surface area contributed by atoms with Gasteiger partial charge in [0.15, 0.2) is 11.5 Å². The molecule has 0 amide bonds. The van der Waals surface area contributed by atoms with Crippen molar-refractivity contribution >= 4 is 20.2 Å². The van der Waals surface area contributed by atoms with Gasteiger partial charge in [-0.15, -0.1) is 0 Å². The smallest absolute Gasteiger partial charge is 0.382 e. The van der Waals surface area contributed by atoms with Crippen LogP contribution in [0.5, 0.6) is 11.5 Å². The molecular weight excluding hydrogens is 494 g/mol. The molecule has 0 fully saturated rings. The van der Waals surface area contributed by atoms with E-state index in [1.807, 2.05) is 0 Å². The molecule has 0 aliphatic heterocycles. The van der Waals surface area contributed by atoms with Gasteiger partial charge in [0.05, 0.1) is 0 Å².